The molecule has 2 aromatic rings. The highest BCUT2D eigenvalue weighted by atomic mass is 127. The Labute approximate surface area is 172 Å². The summed E-state index contributed by atoms with van der Waals surface area (Å²) in [5.41, 5.74) is 4.20. The second-order valence-corrected chi connectivity index (χ2v) is 5.97. The van der Waals surface area contributed by atoms with Crippen LogP contribution in [0.25, 0.3) is 0 Å². The number of guanidine groups is 1. The summed E-state index contributed by atoms with van der Waals surface area (Å²) < 4.78 is 0. The number of nitrogens with one attached hydrogen (secondary N) is 3. The molecule has 0 heterocycles. The van der Waals surface area contributed by atoms with Crippen molar-refractivity contribution in [3.8, 4) is 0 Å². The van der Waals surface area contributed by atoms with Crippen molar-refractivity contribution in [2.75, 3.05) is 20.1 Å². The maximum Gasteiger partial charge on any atom is 0.251 e. The number of amides is 1. The van der Waals surface area contributed by atoms with Crippen molar-refractivity contribution >= 4 is 35.8 Å². The number of aliphatic imine (C=N–C) groups is 1. The Morgan fingerprint density at radius 1 is 0.923 bits per heavy atom. The summed E-state index contributed by atoms with van der Waals surface area (Å²) >= 11 is 0. The molecule has 0 radical (unpaired) electrons. The zero-order valence-corrected chi connectivity index (χ0v) is 17.8. The lowest BCUT2D eigenvalue weighted by Gasteiger charge is -2.13. The van der Waals surface area contributed by atoms with Gasteiger partial charge in [0.05, 0.1) is 0 Å². The van der Waals surface area contributed by atoms with Crippen molar-refractivity contribution in [1.82, 2.24) is 16.0 Å². The van der Waals surface area contributed by atoms with Gasteiger partial charge in [-0.05, 0) is 31.5 Å². The van der Waals surface area contributed by atoms with Crippen LogP contribution in [0.5, 0.6) is 0 Å². The number of halogens is 1. The minimum Gasteiger partial charge on any atom is -0.355 e. The Bertz CT molecular complexity index is 746. The number of rotatable bonds is 6. The molecule has 0 bridgehead atoms. The van der Waals surface area contributed by atoms with E-state index < -0.39 is 0 Å². The second-order valence-electron chi connectivity index (χ2n) is 5.97. The normalized spacial score (nSPS) is 10.7. The lowest BCUT2D eigenvalue weighted by molar-refractivity contribution is 0.0954. The molecule has 0 unspecified atom stereocenters. The van der Waals surface area contributed by atoms with Gasteiger partial charge in [-0.15, -0.1) is 24.0 Å². The van der Waals surface area contributed by atoms with Gasteiger partial charge in [0.2, 0.25) is 0 Å². The first-order chi connectivity index (χ1) is 12.1. The first-order valence-corrected chi connectivity index (χ1v) is 8.43. The standard InChI is InChI=1S/C20H26N4O.HI/c1-15-6-4-8-17(12-15)14-24-20(21-3)23-11-10-22-19(25)18-9-5-7-16(2)13-18;/h4-9,12-13H,10-11,14H2,1-3H3,(H,22,25)(H2,21,23,24);1H. The van der Waals surface area contributed by atoms with Crippen LogP contribution in [0.2, 0.25) is 0 Å². The molecule has 26 heavy (non-hydrogen) atoms. The predicted octanol–water partition coefficient (Wildman–Crippen LogP) is 3.02. The molecule has 0 saturated heterocycles. The number of aryl methyl sites for hydroxylation is 2. The molecule has 0 aliphatic heterocycles. The molecular weight excluding hydrogens is 439 g/mol. The third-order valence-electron chi connectivity index (χ3n) is 3.75. The molecule has 0 saturated carbocycles. The molecule has 6 heteroatoms. The van der Waals surface area contributed by atoms with Crippen LogP contribution in [-0.2, 0) is 6.54 Å². The molecule has 3 N–H and O–H groups in total. The fraction of sp³-hybridized carbons (Fsp3) is 0.300. The van der Waals surface area contributed by atoms with E-state index in [-0.39, 0.29) is 29.9 Å². The van der Waals surface area contributed by atoms with Crippen molar-refractivity contribution in [2.24, 2.45) is 4.99 Å². The van der Waals surface area contributed by atoms with Crippen molar-refractivity contribution in [3.63, 3.8) is 0 Å². The minimum absolute atomic E-state index is 0. The smallest absolute Gasteiger partial charge is 0.251 e. The Hall–Kier alpha value is -2.09. The highest BCUT2D eigenvalue weighted by Gasteiger charge is 2.04. The van der Waals surface area contributed by atoms with Crippen molar-refractivity contribution in [2.45, 2.75) is 20.4 Å². The molecule has 2 rings (SSSR count). The molecule has 0 fully saturated rings. The molecule has 140 valence electrons. The third-order valence-corrected chi connectivity index (χ3v) is 3.75. The van der Waals surface area contributed by atoms with Crippen LogP contribution in [0.1, 0.15) is 27.0 Å². The van der Waals surface area contributed by atoms with Gasteiger partial charge < -0.3 is 16.0 Å². The summed E-state index contributed by atoms with van der Waals surface area (Å²) in [5.74, 6) is 0.652. The Kier molecular flexibility index (Phi) is 9.72. The quantitative estimate of drug-likeness (QED) is 0.266. The van der Waals surface area contributed by atoms with Gasteiger partial charge in [0.15, 0.2) is 5.96 Å². The van der Waals surface area contributed by atoms with Gasteiger partial charge in [-0.3, -0.25) is 9.79 Å². The van der Waals surface area contributed by atoms with E-state index >= 15 is 0 Å². The van der Waals surface area contributed by atoms with Crippen molar-refractivity contribution in [3.05, 3.63) is 70.8 Å². The Balaban J connectivity index is 0.00000338. The van der Waals surface area contributed by atoms with Gasteiger partial charge in [-0.2, -0.15) is 0 Å². The Morgan fingerprint density at radius 2 is 1.58 bits per heavy atom. The van der Waals surface area contributed by atoms with Gasteiger partial charge in [-0.1, -0.05) is 47.5 Å². The molecule has 0 aliphatic carbocycles. The van der Waals surface area contributed by atoms with Crippen molar-refractivity contribution in [1.29, 1.82) is 0 Å². The summed E-state index contributed by atoms with van der Waals surface area (Å²) in [6, 6.07) is 15.9. The molecular formula is C20H27IN4O. The van der Waals surface area contributed by atoms with Gasteiger partial charge in [0.1, 0.15) is 0 Å². The first-order valence-electron chi connectivity index (χ1n) is 8.43. The van der Waals surface area contributed by atoms with Crippen LogP contribution in [0.15, 0.2) is 53.5 Å². The second kappa shape index (κ2) is 11.5. The van der Waals surface area contributed by atoms with E-state index in [1.165, 1.54) is 11.1 Å². The first kappa shape index (κ1) is 22.0. The van der Waals surface area contributed by atoms with Gasteiger partial charge >= 0.3 is 0 Å². The lowest BCUT2D eigenvalue weighted by Crippen LogP contribution is -2.41. The maximum atomic E-state index is 12.1. The average molecular weight is 466 g/mol. The molecule has 5 nitrogen and oxygen atoms in total. The SMILES string of the molecule is CN=C(NCCNC(=O)c1cccc(C)c1)NCc1cccc(C)c1.I. The monoisotopic (exact) mass is 466 g/mol. The summed E-state index contributed by atoms with van der Waals surface area (Å²) in [6.07, 6.45) is 0. The fourth-order valence-corrected chi connectivity index (χ4v) is 2.47. The van der Waals surface area contributed by atoms with Crippen LogP contribution in [0.3, 0.4) is 0 Å². The summed E-state index contributed by atoms with van der Waals surface area (Å²) in [6.45, 7) is 5.88. The zero-order chi connectivity index (χ0) is 18.1. The molecule has 1 amide bonds. The largest absolute Gasteiger partial charge is 0.355 e. The molecule has 0 spiro atoms. The summed E-state index contributed by atoms with van der Waals surface area (Å²) in [7, 11) is 1.73. The zero-order valence-electron chi connectivity index (χ0n) is 15.5. The Morgan fingerprint density at radius 3 is 2.23 bits per heavy atom. The topological polar surface area (TPSA) is 65.5 Å². The van der Waals surface area contributed by atoms with E-state index in [0.29, 0.717) is 31.2 Å². The van der Waals surface area contributed by atoms with Gasteiger partial charge in [0, 0.05) is 32.2 Å². The van der Waals surface area contributed by atoms with E-state index in [9.17, 15) is 4.79 Å². The molecule has 0 aromatic heterocycles. The highest BCUT2D eigenvalue weighted by Crippen LogP contribution is 2.04. The molecule has 0 aliphatic rings. The summed E-state index contributed by atoms with van der Waals surface area (Å²) in [5, 5.41) is 9.37. The minimum atomic E-state index is -0.0618. The highest BCUT2D eigenvalue weighted by molar-refractivity contribution is 14.0. The van der Waals surface area contributed by atoms with Crippen LogP contribution >= 0.6 is 24.0 Å². The number of benzene rings is 2. The summed E-state index contributed by atoms with van der Waals surface area (Å²) in [4.78, 5) is 16.3. The number of nitrogens with zero attached hydrogens (tertiary/aromatic N) is 1. The maximum absolute atomic E-state index is 12.1. The van der Waals surface area contributed by atoms with Gasteiger partial charge in [0.25, 0.3) is 5.91 Å². The van der Waals surface area contributed by atoms with E-state index in [4.69, 9.17) is 0 Å². The lowest BCUT2D eigenvalue weighted by atomic mass is 10.1. The fourth-order valence-electron chi connectivity index (χ4n) is 2.47. The van der Waals surface area contributed by atoms with E-state index in [1.807, 2.05) is 37.3 Å². The van der Waals surface area contributed by atoms with Crippen LogP contribution in [0.4, 0.5) is 0 Å². The van der Waals surface area contributed by atoms with Gasteiger partial charge in [-0.25, -0.2) is 0 Å². The number of hydrogen-bond acceptors (Lipinski definition) is 2. The van der Waals surface area contributed by atoms with E-state index in [0.717, 1.165) is 5.56 Å². The average Bonchev–Trinajstić information content (AvgIpc) is 2.61. The van der Waals surface area contributed by atoms with Crippen LogP contribution in [-0.4, -0.2) is 32.0 Å². The number of hydrogen-bond donors (Lipinski definition) is 3. The molecule has 2 aromatic carbocycles. The third kappa shape index (κ3) is 7.43. The number of carbonyl (C=O) groups excluding carboxylic acids is 1. The predicted molar refractivity (Wildman–Crippen MR) is 118 cm³/mol. The van der Waals surface area contributed by atoms with Crippen LogP contribution in [0, 0.1) is 13.8 Å². The van der Waals surface area contributed by atoms with Crippen molar-refractivity contribution < 1.29 is 4.79 Å². The number of carbonyl (C=O) groups is 1. The molecule has 0 atom stereocenters. The van der Waals surface area contributed by atoms with Crippen LogP contribution < -0.4 is 16.0 Å². The van der Waals surface area contributed by atoms with E-state index in [1.54, 1.807) is 7.05 Å². The van der Waals surface area contributed by atoms with E-state index in [2.05, 4.69) is 46.1 Å².